The summed E-state index contributed by atoms with van der Waals surface area (Å²) in [5.74, 6) is -1.41. The lowest BCUT2D eigenvalue weighted by atomic mass is 9.90. The Balaban J connectivity index is 2.32. The molecule has 1 aromatic carbocycles. The van der Waals surface area contributed by atoms with Crippen molar-refractivity contribution < 1.29 is 13.9 Å². The normalized spacial score (nSPS) is 14.8. The van der Waals surface area contributed by atoms with Gasteiger partial charge in [-0.2, -0.15) is 5.26 Å². The van der Waals surface area contributed by atoms with E-state index in [4.69, 9.17) is 10.4 Å². The molecular formula is C14H16F2N2O. The number of nitriles is 1. The lowest BCUT2D eigenvalue weighted by Crippen LogP contribution is -2.42. The van der Waals surface area contributed by atoms with E-state index in [9.17, 15) is 8.78 Å². The van der Waals surface area contributed by atoms with Crippen LogP contribution in [-0.2, 0) is 0 Å². The van der Waals surface area contributed by atoms with E-state index in [1.165, 1.54) is 0 Å². The van der Waals surface area contributed by atoms with Gasteiger partial charge in [0.15, 0.2) is 11.6 Å². The quantitative estimate of drug-likeness (QED) is 0.891. The zero-order valence-corrected chi connectivity index (χ0v) is 10.6. The van der Waals surface area contributed by atoms with E-state index in [-0.39, 0.29) is 23.9 Å². The van der Waals surface area contributed by atoms with E-state index < -0.39 is 11.6 Å². The average molecular weight is 266 g/mol. The summed E-state index contributed by atoms with van der Waals surface area (Å²) < 4.78 is 28.0. The van der Waals surface area contributed by atoms with Gasteiger partial charge >= 0.3 is 0 Å². The van der Waals surface area contributed by atoms with Gasteiger partial charge in [-0.1, -0.05) is 0 Å². The molecule has 5 heteroatoms. The van der Waals surface area contributed by atoms with Crippen molar-refractivity contribution in [2.75, 3.05) is 18.1 Å². The molecule has 19 heavy (non-hydrogen) atoms. The maximum Gasteiger partial charge on any atom is 0.150 e. The standard InChI is InChI=1S/C14H16F2N2O/c15-12-7-10(9-17)8-13(16)14(12)18(5-2-6-19)11-3-1-4-11/h7-8,11,19H,1-6H2. The van der Waals surface area contributed by atoms with Gasteiger partial charge in [-0.05, 0) is 37.8 Å². The first-order valence-electron chi connectivity index (χ1n) is 6.44. The first-order valence-corrected chi connectivity index (χ1v) is 6.44. The van der Waals surface area contributed by atoms with Crippen molar-refractivity contribution in [3.8, 4) is 6.07 Å². The fourth-order valence-electron chi connectivity index (χ4n) is 2.32. The molecule has 2 rings (SSSR count). The van der Waals surface area contributed by atoms with Crippen LogP contribution in [0.5, 0.6) is 0 Å². The molecule has 0 amide bonds. The number of nitrogens with zero attached hydrogens (tertiary/aromatic N) is 2. The summed E-state index contributed by atoms with van der Waals surface area (Å²) in [5, 5.41) is 17.6. The molecule has 1 fully saturated rings. The Labute approximate surface area is 111 Å². The zero-order chi connectivity index (χ0) is 13.8. The molecule has 0 unspecified atom stereocenters. The van der Waals surface area contributed by atoms with E-state index in [2.05, 4.69) is 0 Å². The molecule has 0 heterocycles. The molecule has 102 valence electrons. The minimum absolute atomic E-state index is 0.0112. The number of hydrogen-bond donors (Lipinski definition) is 1. The van der Waals surface area contributed by atoms with Gasteiger partial charge in [0.05, 0.1) is 11.6 Å². The highest BCUT2D eigenvalue weighted by atomic mass is 19.1. The van der Waals surface area contributed by atoms with Crippen LogP contribution in [-0.4, -0.2) is 24.3 Å². The molecule has 1 N–H and O–H groups in total. The van der Waals surface area contributed by atoms with Crippen molar-refractivity contribution in [3.63, 3.8) is 0 Å². The lowest BCUT2D eigenvalue weighted by molar-refractivity contribution is 0.282. The number of aliphatic hydroxyl groups is 1. The monoisotopic (exact) mass is 266 g/mol. The van der Waals surface area contributed by atoms with Crippen LogP contribution in [0.25, 0.3) is 0 Å². The first kappa shape index (κ1) is 13.8. The third kappa shape index (κ3) is 2.85. The number of aliphatic hydroxyl groups excluding tert-OH is 1. The SMILES string of the molecule is N#Cc1cc(F)c(N(CCCO)C2CCC2)c(F)c1. The summed E-state index contributed by atoms with van der Waals surface area (Å²) in [5.41, 5.74) is -0.0911. The summed E-state index contributed by atoms with van der Waals surface area (Å²) in [7, 11) is 0. The van der Waals surface area contributed by atoms with Gasteiger partial charge in [0, 0.05) is 19.2 Å². The Morgan fingerprint density at radius 2 is 1.95 bits per heavy atom. The van der Waals surface area contributed by atoms with Crippen molar-refractivity contribution in [2.24, 2.45) is 0 Å². The lowest BCUT2D eigenvalue weighted by Gasteiger charge is -2.39. The summed E-state index contributed by atoms with van der Waals surface area (Å²) in [4.78, 5) is 1.69. The molecule has 0 aliphatic heterocycles. The summed E-state index contributed by atoms with van der Waals surface area (Å²) in [6.07, 6.45) is 3.34. The number of rotatable bonds is 5. The van der Waals surface area contributed by atoms with E-state index in [0.717, 1.165) is 31.4 Å². The van der Waals surface area contributed by atoms with E-state index >= 15 is 0 Å². The Kier molecular flexibility index (Phi) is 4.33. The molecule has 0 spiro atoms. The van der Waals surface area contributed by atoms with Crippen LogP contribution >= 0.6 is 0 Å². The van der Waals surface area contributed by atoms with Crippen LogP contribution in [0.1, 0.15) is 31.2 Å². The van der Waals surface area contributed by atoms with Crippen LogP contribution in [0.15, 0.2) is 12.1 Å². The van der Waals surface area contributed by atoms with Crippen LogP contribution in [0.2, 0.25) is 0 Å². The van der Waals surface area contributed by atoms with E-state index in [0.29, 0.717) is 13.0 Å². The second-order valence-electron chi connectivity index (χ2n) is 4.76. The molecule has 0 radical (unpaired) electrons. The minimum atomic E-state index is -0.707. The summed E-state index contributed by atoms with van der Waals surface area (Å²) >= 11 is 0. The molecule has 0 aromatic heterocycles. The number of benzene rings is 1. The van der Waals surface area contributed by atoms with Gasteiger partial charge in [-0.3, -0.25) is 0 Å². The van der Waals surface area contributed by atoms with Gasteiger partial charge in [0.1, 0.15) is 5.69 Å². The first-order chi connectivity index (χ1) is 9.17. The molecule has 1 aromatic rings. The van der Waals surface area contributed by atoms with Crippen LogP contribution in [0.3, 0.4) is 0 Å². The van der Waals surface area contributed by atoms with Crippen LogP contribution in [0, 0.1) is 23.0 Å². The molecule has 0 atom stereocenters. The predicted molar refractivity (Wildman–Crippen MR) is 67.8 cm³/mol. The second-order valence-corrected chi connectivity index (χ2v) is 4.76. The summed E-state index contributed by atoms with van der Waals surface area (Å²) in [6.45, 7) is 0.406. The molecule has 0 saturated heterocycles. The van der Waals surface area contributed by atoms with Crippen LogP contribution in [0.4, 0.5) is 14.5 Å². The number of anilines is 1. The Hall–Kier alpha value is -1.67. The highest BCUT2D eigenvalue weighted by Crippen LogP contribution is 2.33. The maximum atomic E-state index is 14.0. The minimum Gasteiger partial charge on any atom is -0.396 e. The van der Waals surface area contributed by atoms with Gasteiger partial charge in [-0.25, -0.2) is 8.78 Å². The van der Waals surface area contributed by atoms with Gasteiger partial charge < -0.3 is 10.0 Å². The topological polar surface area (TPSA) is 47.3 Å². The third-order valence-corrected chi connectivity index (χ3v) is 3.51. The van der Waals surface area contributed by atoms with Crippen molar-refractivity contribution >= 4 is 5.69 Å². The number of halogens is 2. The highest BCUT2D eigenvalue weighted by molar-refractivity contribution is 5.53. The van der Waals surface area contributed by atoms with Gasteiger partial charge in [-0.15, -0.1) is 0 Å². The molecule has 0 bridgehead atoms. The average Bonchev–Trinajstić information content (AvgIpc) is 2.32. The largest absolute Gasteiger partial charge is 0.396 e. The van der Waals surface area contributed by atoms with Gasteiger partial charge in [0.2, 0.25) is 0 Å². The zero-order valence-electron chi connectivity index (χ0n) is 10.6. The fraction of sp³-hybridized carbons (Fsp3) is 0.500. The summed E-state index contributed by atoms with van der Waals surface area (Å²) in [6, 6.07) is 3.98. The Morgan fingerprint density at radius 3 is 2.37 bits per heavy atom. The third-order valence-electron chi connectivity index (χ3n) is 3.51. The molecule has 1 saturated carbocycles. The second kappa shape index (κ2) is 5.98. The van der Waals surface area contributed by atoms with E-state index in [1.54, 1.807) is 11.0 Å². The number of hydrogen-bond acceptors (Lipinski definition) is 3. The fourth-order valence-corrected chi connectivity index (χ4v) is 2.32. The highest BCUT2D eigenvalue weighted by Gasteiger charge is 2.29. The molecule has 1 aliphatic rings. The molecule has 3 nitrogen and oxygen atoms in total. The molecule has 1 aliphatic carbocycles. The van der Waals surface area contributed by atoms with E-state index in [1.807, 2.05) is 0 Å². The Morgan fingerprint density at radius 1 is 1.32 bits per heavy atom. The predicted octanol–water partition coefficient (Wildman–Crippen LogP) is 2.58. The maximum absolute atomic E-state index is 14.0. The van der Waals surface area contributed by atoms with Crippen molar-refractivity contribution in [2.45, 2.75) is 31.7 Å². The Bertz CT molecular complexity index is 472. The van der Waals surface area contributed by atoms with Crippen molar-refractivity contribution in [1.29, 1.82) is 5.26 Å². The van der Waals surface area contributed by atoms with Crippen molar-refractivity contribution in [1.82, 2.24) is 0 Å². The van der Waals surface area contributed by atoms with Crippen LogP contribution < -0.4 is 4.90 Å². The molecular weight excluding hydrogens is 250 g/mol. The van der Waals surface area contributed by atoms with Gasteiger partial charge in [0.25, 0.3) is 0 Å². The smallest absolute Gasteiger partial charge is 0.150 e. The van der Waals surface area contributed by atoms with Crippen molar-refractivity contribution in [3.05, 3.63) is 29.3 Å².